The topological polar surface area (TPSA) is 24.4 Å². The zero-order valence-corrected chi connectivity index (χ0v) is 12.0. The summed E-state index contributed by atoms with van der Waals surface area (Å²) in [6.45, 7) is 5.90. The highest BCUT2D eigenvalue weighted by Crippen LogP contribution is 2.26. The summed E-state index contributed by atoms with van der Waals surface area (Å²) in [7, 11) is 0. The van der Waals surface area contributed by atoms with Gasteiger partial charge in [0.1, 0.15) is 5.82 Å². The number of hydrogen-bond donors (Lipinski definition) is 1. The first-order valence-electron chi connectivity index (χ1n) is 5.95. The van der Waals surface area contributed by atoms with Crippen LogP contribution in [-0.4, -0.2) is 17.0 Å². The van der Waals surface area contributed by atoms with Crippen LogP contribution >= 0.6 is 23.4 Å². The molecule has 2 nitrogen and oxygen atoms in total. The number of nitrogens with zero attached hydrogens (tertiary/aromatic N) is 1. The lowest BCUT2D eigenvalue weighted by Crippen LogP contribution is -2.20. The Morgan fingerprint density at radius 1 is 1.56 bits per heavy atom. The number of hydrogen-bond acceptors (Lipinski definition) is 3. The molecule has 18 heavy (non-hydrogen) atoms. The van der Waals surface area contributed by atoms with Crippen LogP contribution in [0.25, 0.3) is 0 Å². The first-order valence-corrected chi connectivity index (χ1v) is 7.21. The van der Waals surface area contributed by atoms with Crippen molar-refractivity contribution in [1.82, 2.24) is 5.32 Å². The lowest BCUT2D eigenvalue weighted by molar-refractivity contribution is 0.621. The van der Waals surface area contributed by atoms with E-state index in [-0.39, 0.29) is 10.8 Å². The molecular weight excluding hydrogens is 271 g/mol. The Hall–Kier alpha value is -0.740. The lowest BCUT2D eigenvalue weighted by atomic mass is 10.1. The fourth-order valence-electron chi connectivity index (χ4n) is 1.66. The van der Waals surface area contributed by atoms with Crippen LogP contribution in [0.2, 0.25) is 5.02 Å². The second kappa shape index (κ2) is 5.93. The Morgan fingerprint density at radius 3 is 2.94 bits per heavy atom. The molecule has 1 aromatic rings. The van der Waals surface area contributed by atoms with Crippen molar-refractivity contribution in [2.75, 3.05) is 6.54 Å². The van der Waals surface area contributed by atoms with E-state index in [0.717, 1.165) is 17.3 Å². The molecule has 0 aromatic heterocycles. The molecule has 1 heterocycles. The maximum absolute atomic E-state index is 13.0. The Bertz CT molecular complexity index is 462. The van der Waals surface area contributed by atoms with E-state index in [2.05, 4.69) is 24.2 Å². The molecule has 0 spiro atoms. The lowest BCUT2D eigenvalue weighted by Gasteiger charge is -2.12. The third kappa shape index (κ3) is 3.39. The van der Waals surface area contributed by atoms with Gasteiger partial charge in [-0.05, 0) is 23.6 Å². The predicted molar refractivity (Wildman–Crippen MR) is 76.8 cm³/mol. The normalized spacial score (nSPS) is 19.2. The Balaban J connectivity index is 1.87. The van der Waals surface area contributed by atoms with Gasteiger partial charge >= 0.3 is 0 Å². The Labute approximate surface area is 116 Å². The van der Waals surface area contributed by atoms with E-state index < -0.39 is 0 Å². The summed E-state index contributed by atoms with van der Waals surface area (Å²) in [6.07, 6.45) is 0. The van der Waals surface area contributed by atoms with Gasteiger partial charge in [0.15, 0.2) is 5.17 Å². The first kappa shape index (κ1) is 13.7. The predicted octanol–water partition coefficient (Wildman–Crippen LogP) is 3.70. The zero-order chi connectivity index (χ0) is 13.1. The summed E-state index contributed by atoms with van der Waals surface area (Å²) >= 11 is 7.51. The van der Waals surface area contributed by atoms with Crippen molar-refractivity contribution in [2.45, 2.75) is 25.6 Å². The average molecular weight is 287 g/mol. The minimum Gasteiger partial charge on any atom is -0.361 e. The minimum atomic E-state index is -0.382. The maximum atomic E-state index is 13.0. The van der Waals surface area contributed by atoms with Crippen LogP contribution in [0.3, 0.4) is 0 Å². The van der Waals surface area contributed by atoms with E-state index in [1.807, 2.05) is 0 Å². The van der Waals surface area contributed by atoms with E-state index in [0.29, 0.717) is 17.7 Å². The molecule has 0 radical (unpaired) electrons. The van der Waals surface area contributed by atoms with Crippen molar-refractivity contribution in [2.24, 2.45) is 10.9 Å². The molecule has 5 heteroatoms. The van der Waals surface area contributed by atoms with Gasteiger partial charge in [-0.2, -0.15) is 0 Å². The van der Waals surface area contributed by atoms with Crippen molar-refractivity contribution >= 4 is 28.5 Å². The number of thioether (sulfide) groups is 1. The van der Waals surface area contributed by atoms with Gasteiger partial charge in [0, 0.05) is 11.8 Å². The van der Waals surface area contributed by atoms with Crippen molar-refractivity contribution in [3.63, 3.8) is 0 Å². The molecular formula is C13H16ClFN2S. The standard InChI is InChI=1S/C13H16ClFN2S/c1-8(2)12-7-17-13(18-12)16-6-9-3-4-11(15)10(14)5-9/h3-5,8,12H,6-7H2,1-2H3,(H,16,17). The highest BCUT2D eigenvalue weighted by molar-refractivity contribution is 8.14. The van der Waals surface area contributed by atoms with E-state index in [1.165, 1.54) is 6.07 Å². The van der Waals surface area contributed by atoms with Crippen LogP contribution in [0.1, 0.15) is 19.4 Å². The van der Waals surface area contributed by atoms with E-state index in [1.54, 1.807) is 23.9 Å². The fraction of sp³-hybridized carbons (Fsp3) is 0.462. The highest BCUT2D eigenvalue weighted by atomic mass is 35.5. The van der Waals surface area contributed by atoms with Crippen LogP contribution < -0.4 is 5.32 Å². The van der Waals surface area contributed by atoms with E-state index in [9.17, 15) is 4.39 Å². The molecule has 0 bridgehead atoms. The molecule has 1 aliphatic rings. The number of nitrogens with one attached hydrogen (secondary N) is 1. The minimum absolute atomic E-state index is 0.162. The zero-order valence-electron chi connectivity index (χ0n) is 10.4. The SMILES string of the molecule is CC(C)C1CN=C(NCc2ccc(F)c(Cl)c2)S1. The van der Waals surface area contributed by atoms with Crippen molar-refractivity contribution < 1.29 is 4.39 Å². The summed E-state index contributed by atoms with van der Waals surface area (Å²) in [5.74, 6) is 0.242. The largest absolute Gasteiger partial charge is 0.361 e. The molecule has 2 rings (SSSR count). The summed E-state index contributed by atoms with van der Waals surface area (Å²) in [6, 6.07) is 4.76. The van der Waals surface area contributed by atoms with Gasteiger partial charge in [0.2, 0.25) is 0 Å². The molecule has 1 aromatic carbocycles. The summed E-state index contributed by atoms with van der Waals surface area (Å²) in [4.78, 5) is 4.45. The van der Waals surface area contributed by atoms with Gasteiger partial charge in [0.25, 0.3) is 0 Å². The molecule has 0 fully saturated rings. The number of aliphatic imine (C=N–C) groups is 1. The third-order valence-corrected chi connectivity index (χ3v) is 4.63. The van der Waals surface area contributed by atoms with E-state index in [4.69, 9.17) is 11.6 Å². The van der Waals surface area contributed by atoms with Crippen LogP contribution in [0.4, 0.5) is 4.39 Å². The molecule has 0 amide bonds. The summed E-state index contributed by atoms with van der Waals surface area (Å²) in [5, 5.41) is 4.95. The molecule has 0 saturated carbocycles. The Morgan fingerprint density at radius 2 is 2.33 bits per heavy atom. The number of rotatable bonds is 3. The number of benzene rings is 1. The maximum Gasteiger partial charge on any atom is 0.157 e. The second-order valence-electron chi connectivity index (χ2n) is 4.65. The molecule has 98 valence electrons. The van der Waals surface area contributed by atoms with E-state index >= 15 is 0 Å². The van der Waals surface area contributed by atoms with Gasteiger partial charge in [-0.1, -0.05) is 43.3 Å². The summed E-state index contributed by atoms with van der Waals surface area (Å²) in [5.41, 5.74) is 0.956. The van der Waals surface area contributed by atoms with Gasteiger partial charge in [-0.25, -0.2) is 4.39 Å². The van der Waals surface area contributed by atoms with Crippen LogP contribution in [0.5, 0.6) is 0 Å². The molecule has 1 aliphatic heterocycles. The first-order chi connectivity index (χ1) is 8.56. The molecule has 0 saturated heterocycles. The Kier molecular flexibility index (Phi) is 4.51. The van der Waals surface area contributed by atoms with Gasteiger partial charge in [-0.15, -0.1) is 0 Å². The monoisotopic (exact) mass is 286 g/mol. The third-order valence-electron chi connectivity index (χ3n) is 2.85. The van der Waals surface area contributed by atoms with Gasteiger partial charge < -0.3 is 5.32 Å². The number of halogens is 2. The van der Waals surface area contributed by atoms with Crippen molar-refractivity contribution in [3.8, 4) is 0 Å². The molecule has 1 atom stereocenters. The second-order valence-corrected chi connectivity index (χ2v) is 6.28. The molecule has 1 N–H and O–H groups in total. The molecule has 0 aliphatic carbocycles. The van der Waals surface area contributed by atoms with Gasteiger partial charge in [0.05, 0.1) is 11.6 Å². The van der Waals surface area contributed by atoms with Crippen molar-refractivity contribution in [3.05, 3.63) is 34.6 Å². The average Bonchev–Trinajstić information content (AvgIpc) is 2.79. The number of amidine groups is 1. The van der Waals surface area contributed by atoms with Crippen LogP contribution in [0.15, 0.2) is 23.2 Å². The molecule has 1 unspecified atom stereocenters. The quantitative estimate of drug-likeness (QED) is 0.916. The smallest absolute Gasteiger partial charge is 0.157 e. The highest BCUT2D eigenvalue weighted by Gasteiger charge is 2.22. The van der Waals surface area contributed by atoms with Crippen molar-refractivity contribution in [1.29, 1.82) is 0 Å². The van der Waals surface area contributed by atoms with Crippen LogP contribution in [-0.2, 0) is 6.54 Å². The summed E-state index contributed by atoms with van der Waals surface area (Å²) < 4.78 is 13.0. The van der Waals surface area contributed by atoms with Gasteiger partial charge in [-0.3, -0.25) is 4.99 Å². The fourth-order valence-corrected chi connectivity index (χ4v) is 2.88. The van der Waals surface area contributed by atoms with Crippen LogP contribution in [0, 0.1) is 11.7 Å².